The number of nitrogens with zero attached hydrogens (tertiary/aromatic N) is 3. The van der Waals surface area contributed by atoms with Crippen molar-refractivity contribution in [3.8, 4) is 5.75 Å². The van der Waals surface area contributed by atoms with E-state index in [1.807, 2.05) is 36.4 Å². The lowest BCUT2D eigenvalue weighted by Crippen LogP contribution is -2.29. The standard InChI is InChI=1S/C29H23N3O4/c33-27(23-8-10-24(11-9-23)36-19-20-5-2-1-3-6-20)25-26(22-12-15-30-16-13-22)32(29(35)28(25)34)18-21-7-4-14-31-17-21/h1-17,26,33H,18-19H2/t26-/m0/s1. The maximum absolute atomic E-state index is 13.2. The van der Waals surface area contributed by atoms with E-state index in [9.17, 15) is 14.7 Å². The number of aliphatic hydroxyl groups is 1. The van der Waals surface area contributed by atoms with Crippen LogP contribution in [0.2, 0.25) is 0 Å². The molecule has 1 aliphatic heterocycles. The van der Waals surface area contributed by atoms with Crippen molar-refractivity contribution in [2.24, 2.45) is 0 Å². The number of amides is 1. The topological polar surface area (TPSA) is 92.6 Å². The molecule has 0 radical (unpaired) electrons. The molecule has 1 saturated heterocycles. The van der Waals surface area contributed by atoms with Gasteiger partial charge in [-0.1, -0.05) is 36.4 Å². The molecule has 0 saturated carbocycles. The Balaban J connectivity index is 1.47. The highest BCUT2D eigenvalue weighted by molar-refractivity contribution is 6.46. The first-order valence-corrected chi connectivity index (χ1v) is 11.5. The van der Waals surface area contributed by atoms with Gasteiger partial charge < -0.3 is 14.7 Å². The Labute approximate surface area is 208 Å². The van der Waals surface area contributed by atoms with Gasteiger partial charge in [-0.25, -0.2) is 0 Å². The molecule has 178 valence electrons. The van der Waals surface area contributed by atoms with Crippen LogP contribution in [0.15, 0.2) is 109 Å². The lowest BCUT2D eigenvalue weighted by Gasteiger charge is -2.25. The molecule has 1 amide bonds. The third-order valence-electron chi connectivity index (χ3n) is 6.01. The van der Waals surface area contributed by atoms with E-state index in [4.69, 9.17) is 4.74 Å². The number of aromatic nitrogens is 2. The van der Waals surface area contributed by atoms with Crippen LogP contribution in [0.25, 0.3) is 5.76 Å². The lowest BCUT2D eigenvalue weighted by molar-refractivity contribution is -0.140. The molecule has 2 aromatic carbocycles. The van der Waals surface area contributed by atoms with Crippen molar-refractivity contribution in [2.75, 3.05) is 0 Å². The predicted molar refractivity (Wildman–Crippen MR) is 134 cm³/mol. The first kappa shape index (κ1) is 23.0. The average Bonchev–Trinajstić information content (AvgIpc) is 3.18. The van der Waals surface area contributed by atoms with E-state index in [0.717, 1.165) is 11.1 Å². The summed E-state index contributed by atoms with van der Waals surface area (Å²) in [5.74, 6) is -1.02. The van der Waals surface area contributed by atoms with Crippen LogP contribution < -0.4 is 4.74 Å². The van der Waals surface area contributed by atoms with Crippen LogP contribution in [0, 0.1) is 0 Å². The van der Waals surface area contributed by atoms with Gasteiger partial charge >= 0.3 is 0 Å². The van der Waals surface area contributed by atoms with Crippen LogP contribution in [-0.2, 0) is 22.7 Å². The van der Waals surface area contributed by atoms with Crippen LogP contribution >= 0.6 is 0 Å². The Morgan fingerprint density at radius 1 is 0.833 bits per heavy atom. The fraction of sp³-hybridized carbons (Fsp3) is 0.103. The zero-order valence-corrected chi connectivity index (χ0v) is 19.3. The Bertz CT molecular complexity index is 1390. The molecule has 1 fully saturated rings. The largest absolute Gasteiger partial charge is 0.507 e. The smallest absolute Gasteiger partial charge is 0.295 e. The van der Waals surface area contributed by atoms with E-state index < -0.39 is 17.7 Å². The second kappa shape index (κ2) is 10.2. The number of pyridine rings is 2. The van der Waals surface area contributed by atoms with Crippen molar-refractivity contribution in [3.63, 3.8) is 0 Å². The van der Waals surface area contributed by atoms with Gasteiger partial charge in [0.15, 0.2) is 0 Å². The summed E-state index contributed by atoms with van der Waals surface area (Å²) in [5.41, 5.74) is 2.94. The highest BCUT2D eigenvalue weighted by Crippen LogP contribution is 2.40. The summed E-state index contributed by atoms with van der Waals surface area (Å²) < 4.78 is 5.82. The van der Waals surface area contributed by atoms with E-state index in [2.05, 4.69) is 9.97 Å². The van der Waals surface area contributed by atoms with Crippen molar-refractivity contribution in [1.82, 2.24) is 14.9 Å². The molecule has 2 aromatic heterocycles. The number of hydrogen-bond acceptors (Lipinski definition) is 6. The Kier molecular flexibility index (Phi) is 6.53. The van der Waals surface area contributed by atoms with Gasteiger partial charge in [0.25, 0.3) is 11.7 Å². The van der Waals surface area contributed by atoms with Crippen LogP contribution in [0.5, 0.6) is 5.75 Å². The van der Waals surface area contributed by atoms with Crippen molar-refractivity contribution in [3.05, 3.63) is 131 Å². The fourth-order valence-electron chi connectivity index (χ4n) is 4.23. The zero-order valence-electron chi connectivity index (χ0n) is 19.3. The van der Waals surface area contributed by atoms with Crippen LogP contribution in [0.4, 0.5) is 0 Å². The molecule has 36 heavy (non-hydrogen) atoms. The lowest BCUT2D eigenvalue weighted by atomic mass is 9.96. The fourth-order valence-corrected chi connectivity index (χ4v) is 4.23. The minimum atomic E-state index is -0.762. The number of rotatable bonds is 7. The van der Waals surface area contributed by atoms with Gasteiger partial charge in [-0.3, -0.25) is 19.6 Å². The van der Waals surface area contributed by atoms with Gasteiger partial charge in [-0.2, -0.15) is 0 Å². The normalized spacial score (nSPS) is 16.8. The first-order valence-electron chi connectivity index (χ1n) is 11.5. The molecular formula is C29H23N3O4. The maximum Gasteiger partial charge on any atom is 0.295 e. The van der Waals surface area contributed by atoms with Crippen LogP contribution in [0.3, 0.4) is 0 Å². The maximum atomic E-state index is 13.2. The monoisotopic (exact) mass is 477 g/mol. The highest BCUT2D eigenvalue weighted by atomic mass is 16.5. The van der Waals surface area contributed by atoms with Crippen LogP contribution in [0.1, 0.15) is 28.3 Å². The summed E-state index contributed by atoms with van der Waals surface area (Å²) in [5, 5.41) is 11.2. The molecule has 0 aliphatic carbocycles. The Hall–Kier alpha value is -4.78. The summed E-state index contributed by atoms with van der Waals surface area (Å²) in [4.78, 5) is 35.9. The number of hydrogen-bond donors (Lipinski definition) is 1. The van der Waals surface area contributed by atoms with Crippen molar-refractivity contribution < 1.29 is 19.4 Å². The molecule has 1 N–H and O–H groups in total. The van der Waals surface area contributed by atoms with Crippen molar-refractivity contribution in [2.45, 2.75) is 19.2 Å². The minimum absolute atomic E-state index is 0.0352. The third kappa shape index (κ3) is 4.72. The quantitative estimate of drug-likeness (QED) is 0.236. The Morgan fingerprint density at radius 2 is 1.56 bits per heavy atom. The number of benzene rings is 2. The molecule has 1 aliphatic rings. The second-order valence-corrected chi connectivity index (χ2v) is 8.37. The van der Waals surface area contributed by atoms with E-state index in [1.54, 1.807) is 67.3 Å². The van der Waals surface area contributed by atoms with Gasteiger partial charge in [0, 0.05) is 36.9 Å². The molecule has 3 heterocycles. The first-order chi connectivity index (χ1) is 17.6. The van der Waals surface area contributed by atoms with Gasteiger partial charge in [-0.05, 0) is 59.2 Å². The van der Waals surface area contributed by atoms with Crippen molar-refractivity contribution >= 4 is 17.4 Å². The number of carbonyl (C=O) groups is 2. The van der Waals surface area contributed by atoms with Crippen LogP contribution in [-0.4, -0.2) is 31.7 Å². The van der Waals surface area contributed by atoms with E-state index in [0.29, 0.717) is 23.5 Å². The third-order valence-corrected chi connectivity index (χ3v) is 6.01. The number of likely N-dealkylation sites (tertiary alicyclic amines) is 1. The molecule has 7 nitrogen and oxygen atoms in total. The summed E-state index contributed by atoms with van der Waals surface area (Å²) in [6.07, 6.45) is 6.49. The number of carbonyl (C=O) groups excluding carboxylic acids is 2. The van der Waals surface area contributed by atoms with E-state index in [1.165, 1.54) is 4.90 Å². The second-order valence-electron chi connectivity index (χ2n) is 8.37. The summed E-state index contributed by atoms with van der Waals surface area (Å²) in [6, 6.07) is 22.9. The Morgan fingerprint density at radius 3 is 2.25 bits per heavy atom. The highest BCUT2D eigenvalue weighted by Gasteiger charge is 2.46. The summed E-state index contributed by atoms with van der Waals surface area (Å²) in [6.45, 7) is 0.585. The predicted octanol–water partition coefficient (Wildman–Crippen LogP) is 4.68. The van der Waals surface area contributed by atoms with E-state index in [-0.39, 0.29) is 17.9 Å². The molecule has 0 spiro atoms. The molecule has 0 unspecified atom stereocenters. The molecule has 4 aromatic rings. The van der Waals surface area contributed by atoms with Crippen molar-refractivity contribution in [1.29, 1.82) is 0 Å². The number of ether oxygens (including phenoxy) is 1. The average molecular weight is 478 g/mol. The molecule has 0 bridgehead atoms. The number of ketones is 1. The molecule has 5 rings (SSSR count). The summed E-state index contributed by atoms with van der Waals surface area (Å²) in [7, 11) is 0. The van der Waals surface area contributed by atoms with Gasteiger partial charge in [0.2, 0.25) is 0 Å². The van der Waals surface area contributed by atoms with Gasteiger partial charge in [-0.15, -0.1) is 0 Å². The van der Waals surface area contributed by atoms with E-state index >= 15 is 0 Å². The number of Topliss-reactive ketones (excluding diaryl/α,β-unsaturated/α-hetero) is 1. The molecule has 7 heteroatoms. The summed E-state index contributed by atoms with van der Waals surface area (Å²) >= 11 is 0. The molecular weight excluding hydrogens is 454 g/mol. The minimum Gasteiger partial charge on any atom is -0.507 e. The van der Waals surface area contributed by atoms with Gasteiger partial charge in [0.05, 0.1) is 11.6 Å². The molecule has 1 atom stereocenters. The number of aliphatic hydroxyl groups excluding tert-OH is 1. The van der Waals surface area contributed by atoms with Gasteiger partial charge in [0.1, 0.15) is 18.1 Å². The SMILES string of the molecule is O=C1C(=O)N(Cc2cccnc2)[C@@H](c2ccncc2)C1=C(O)c1ccc(OCc2ccccc2)cc1. The zero-order chi connectivity index (χ0) is 24.9.